The predicted octanol–water partition coefficient (Wildman–Crippen LogP) is 5.55. The van der Waals surface area contributed by atoms with Crippen molar-refractivity contribution in [1.82, 2.24) is 19.9 Å². The molecular weight excluding hydrogens is 344 g/mol. The second kappa shape index (κ2) is 5.79. The summed E-state index contributed by atoms with van der Waals surface area (Å²) in [6, 6.07) is 24.5. The fourth-order valence-electron chi connectivity index (χ4n) is 3.76. The standard InChI is InChI=1S/C24H14N4/c1-3-17-19(25-13-1)9-5-15-7-11-21(27-23(15)17)22-12-8-16-6-10-20-18(24(16)28-22)4-2-14-26-20/h1-14H. The molecule has 130 valence electrons. The van der Waals surface area contributed by atoms with Gasteiger partial charge < -0.3 is 0 Å². The Labute approximate surface area is 160 Å². The van der Waals surface area contributed by atoms with Crippen LogP contribution in [0.15, 0.2) is 85.2 Å². The molecule has 0 amide bonds. The maximum Gasteiger partial charge on any atom is 0.0894 e. The van der Waals surface area contributed by atoms with Gasteiger partial charge in [-0.05, 0) is 48.5 Å². The summed E-state index contributed by atoms with van der Waals surface area (Å²) in [5.74, 6) is 0. The maximum absolute atomic E-state index is 4.94. The van der Waals surface area contributed by atoms with E-state index < -0.39 is 0 Å². The zero-order chi connectivity index (χ0) is 18.5. The molecule has 0 spiro atoms. The Morgan fingerprint density at radius 3 is 1.43 bits per heavy atom. The van der Waals surface area contributed by atoms with Gasteiger partial charge in [0.05, 0.1) is 33.5 Å². The van der Waals surface area contributed by atoms with Gasteiger partial charge in [-0.25, -0.2) is 9.97 Å². The van der Waals surface area contributed by atoms with Crippen molar-refractivity contribution >= 4 is 43.6 Å². The molecule has 0 fully saturated rings. The lowest BCUT2D eigenvalue weighted by atomic mass is 10.1. The van der Waals surface area contributed by atoms with E-state index in [2.05, 4.69) is 46.4 Å². The van der Waals surface area contributed by atoms with E-state index in [1.54, 1.807) is 0 Å². The van der Waals surface area contributed by atoms with Crippen LogP contribution in [0.25, 0.3) is 55.0 Å². The first kappa shape index (κ1) is 15.2. The normalized spacial score (nSPS) is 11.6. The molecule has 4 heterocycles. The molecule has 4 nitrogen and oxygen atoms in total. The number of hydrogen-bond acceptors (Lipinski definition) is 4. The summed E-state index contributed by atoms with van der Waals surface area (Å²) in [4.78, 5) is 18.8. The average Bonchev–Trinajstić information content (AvgIpc) is 2.78. The van der Waals surface area contributed by atoms with Gasteiger partial charge in [-0.2, -0.15) is 0 Å². The van der Waals surface area contributed by atoms with Crippen LogP contribution in [0.1, 0.15) is 0 Å². The van der Waals surface area contributed by atoms with Gasteiger partial charge in [0.1, 0.15) is 0 Å². The van der Waals surface area contributed by atoms with Crippen molar-refractivity contribution in [2.75, 3.05) is 0 Å². The van der Waals surface area contributed by atoms with Crippen molar-refractivity contribution < 1.29 is 0 Å². The maximum atomic E-state index is 4.94. The molecular formula is C24H14N4. The van der Waals surface area contributed by atoms with E-state index in [-0.39, 0.29) is 0 Å². The Hall–Kier alpha value is -3.92. The molecule has 4 aromatic heterocycles. The van der Waals surface area contributed by atoms with Crippen molar-refractivity contribution in [3.05, 3.63) is 85.2 Å². The van der Waals surface area contributed by atoms with Crippen LogP contribution in [-0.2, 0) is 0 Å². The van der Waals surface area contributed by atoms with E-state index in [9.17, 15) is 0 Å². The van der Waals surface area contributed by atoms with E-state index in [1.165, 1.54) is 0 Å². The van der Waals surface area contributed by atoms with Gasteiger partial charge in [-0.15, -0.1) is 0 Å². The molecule has 6 aromatic rings. The van der Waals surface area contributed by atoms with Crippen molar-refractivity contribution in [3.63, 3.8) is 0 Å². The molecule has 0 aliphatic heterocycles. The predicted molar refractivity (Wildman–Crippen MR) is 113 cm³/mol. The van der Waals surface area contributed by atoms with Crippen LogP contribution in [0.3, 0.4) is 0 Å². The molecule has 0 saturated heterocycles. The lowest BCUT2D eigenvalue weighted by Crippen LogP contribution is -1.91. The summed E-state index contributed by atoms with van der Waals surface area (Å²) in [7, 11) is 0. The van der Waals surface area contributed by atoms with E-state index in [0.29, 0.717) is 0 Å². The van der Waals surface area contributed by atoms with Crippen LogP contribution in [-0.4, -0.2) is 19.9 Å². The monoisotopic (exact) mass is 358 g/mol. The third-order valence-corrected chi connectivity index (χ3v) is 5.14. The Morgan fingerprint density at radius 2 is 0.929 bits per heavy atom. The van der Waals surface area contributed by atoms with E-state index >= 15 is 0 Å². The highest BCUT2D eigenvalue weighted by atomic mass is 14.8. The molecule has 28 heavy (non-hydrogen) atoms. The molecule has 4 heteroatoms. The van der Waals surface area contributed by atoms with E-state index in [1.807, 2.05) is 48.8 Å². The molecule has 0 atom stereocenters. The molecule has 0 N–H and O–H groups in total. The Balaban J connectivity index is 1.63. The summed E-state index contributed by atoms with van der Waals surface area (Å²) in [5, 5.41) is 4.30. The Morgan fingerprint density at radius 1 is 0.464 bits per heavy atom. The molecule has 6 rings (SSSR count). The fourth-order valence-corrected chi connectivity index (χ4v) is 3.76. The fraction of sp³-hybridized carbons (Fsp3) is 0. The molecule has 0 aliphatic carbocycles. The van der Waals surface area contributed by atoms with Gasteiger partial charge in [0, 0.05) is 33.9 Å². The van der Waals surface area contributed by atoms with Crippen LogP contribution < -0.4 is 0 Å². The highest BCUT2D eigenvalue weighted by Gasteiger charge is 2.09. The first-order valence-electron chi connectivity index (χ1n) is 9.16. The number of rotatable bonds is 1. The van der Waals surface area contributed by atoms with Gasteiger partial charge in [0.15, 0.2) is 0 Å². The lowest BCUT2D eigenvalue weighted by Gasteiger charge is -2.08. The quantitative estimate of drug-likeness (QED) is 0.362. The molecule has 2 aromatic carbocycles. The van der Waals surface area contributed by atoms with Gasteiger partial charge in [0.2, 0.25) is 0 Å². The molecule has 0 saturated carbocycles. The Bertz CT molecular complexity index is 1400. The average molecular weight is 358 g/mol. The topological polar surface area (TPSA) is 51.6 Å². The second-order valence-electron chi connectivity index (χ2n) is 6.81. The SMILES string of the molecule is c1cnc2ccc3ccc(-c4ccc5ccc6ncccc6c5n4)nc3c2c1. The van der Waals surface area contributed by atoms with Crippen LogP contribution in [0.4, 0.5) is 0 Å². The number of aromatic nitrogens is 4. The van der Waals surface area contributed by atoms with Crippen molar-refractivity contribution in [2.24, 2.45) is 0 Å². The summed E-state index contributed by atoms with van der Waals surface area (Å²) in [6.45, 7) is 0. The number of fused-ring (bicyclic) bond motifs is 6. The number of hydrogen-bond donors (Lipinski definition) is 0. The van der Waals surface area contributed by atoms with Crippen molar-refractivity contribution in [2.45, 2.75) is 0 Å². The lowest BCUT2D eigenvalue weighted by molar-refractivity contribution is 1.32. The summed E-state index contributed by atoms with van der Waals surface area (Å²) in [6.07, 6.45) is 3.62. The zero-order valence-corrected chi connectivity index (χ0v) is 14.9. The van der Waals surface area contributed by atoms with Gasteiger partial charge in [-0.1, -0.05) is 24.3 Å². The first-order chi connectivity index (χ1) is 13.9. The Kier molecular flexibility index (Phi) is 3.14. The highest BCUT2D eigenvalue weighted by molar-refractivity contribution is 6.05. The van der Waals surface area contributed by atoms with Crippen LogP contribution in [0.2, 0.25) is 0 Å². The van der Waals surface area contributed by atoms with E-state index in [0.717, 1.165) is 55.0 Å². The molecule has 0 aliphatic rings. The first-order valence-corrected chi connectivity index (χ1v) is 9.16. The van der Waals surface area contributed by atoms with Gasteiger partial charge >= 0.3 is 0 Å². The highest BCUT2D eigenvalue weighted by Crippen LogP contribution is 2.28. The minimum Gasteiger partial charge on any atom is -0.256 e. The third kappa shape index (κ3) is 2.25. The number of pyridine rings is 4. The van der Waals surface area contributed by atoms with E-state index in [4.69, 9.17) is 9.97 Å². The van der Waals surface area contributed by atoms with Crippen LogP contribution >= 0.6 is 0 Å². The van der Waals surface area contributed by atoms with Gasteiger partial charge in [0.25, 0.3) is 0 Å². The summed E-state index contributed by atoms with van der Waals surface area (Å²) >= 11 is 0. The van der Waals surface area contributed by atoms with Crippen LogP contribution in [0.5, 0.6) is 0 Å². The third-order valence-electron chi connectivity index (χ3n) is 5.14. The largest absolute Gasteiger partial charge is 0.256 e. The number of nitrogens with zero attached hydrogens (tertiary/aromatic N) is 4. The minimum absolute atomic E-state index is 0.853. The second-order valence-corrected chi connectivity index (χ2v) is 6.81. The van der Waals surface area contributed by atoms with Crippen LogP contribution in [0, 0.1) is 0 Å². The van der Waals surface area contributed by atoms with Crippen molar-refractivity contribution in [1.29, 1.82) is 0 Å². The summed E-state index contributed by atoms with van der Waals surface area (Å²) in [5.41, 5.74) is 5.50. The molecule has 0 radical (unpaired) electrons. The minimum atomic E-state index is 0.853. The smallest absolute Gasteiger partial charge is 0.0894 e. The zero-order valence-electron chi connectivity index (χ0n) is 14.9. The molecule has 0 unspecified atom stereocenters. The van der Waals surface area contributed by atoms with Gasteiger partial charge in [-0.3, -0.25) is 9.97 Å². The molecule has 0 bridgehead atoms. The summed E-state index contributed by atoms with van der Waals surface area (Å²) < 4.78 is 0. The van der Waals surface area contributed by atoms with Crippen molar-refractivity contribution in [3.8, 4) is 11.4 Å². The number of benzene rings is 2.